The highest BCUT2D eigenvalue weighted by Gasteiger charge is 2.41. The van der Waals surface area contributed by atoms with Gasteiger partial charge in [0.25, 0.3) is 0 Å². The molecule has 1 aliphatic heterocycles. The Hall–Kier alpha value is -1.32. The van der Waals surface area contributed by atoms with Gasteiger partial charge in [0.05, 0.1) is 0 Å². The molecule has 0 aromatic heterocycles. The molecule has 4 heteroatoms. The maximum atomic E-state index is 12.6. The average molecular weight is 264 g/mol. The summed E-state index contributed by atoms with van der Waals surface area (Å²) in [5, 5.41) is 2.94. The second-order valence-electron chi connectivity index (χ2n) is 5.67. The van der Waals surface area contributed by atoms with Crippen LogP contribution in [0.15, 0.2) is 12.7 Å². The van der Waals surface area contributed by atoms with Gasteiger partial charge >= 0.3 is 0 Å². The van der Waals surface area contributed by atoms with E-state index in [-0.39, 0.29) is 23.9 Å². The van der Waals surface area contributed by atoms with Gasteiger partial charge in [-0.25, -0.2) is 0 Å². The molecule has 1 saturated carbocycles. The number of nitrogens with zero attached hydrogens (tertiary/aromatic N) is 1. The van der Waals surface area contributed by atoms with Crippen LogP contribution in [0.5, 0.6) is 0 Å². The van der Waals surface area contributed by atoms with Crippen LogP contribution in [-0.4, -0.2) is 35.3 Å². The molecule has 4 nitrogen and oxygen atoms in total. The lowest BCUT2D eigenvalue weighted by Gasteiger charge is -2.41. The number of hydrogen-bond acceptors (Lipinski definition) is 2. The third-order valence-corrected chi connectivity index (χ3v) is 4.39. The van der Waals surface area contributed by atoms with Gasteiger partial charge in [-0.15, -0.1) is 6.58 Å². The monoisotopic (exact) mass is 264 g/mol. The summed E-state index contributed by atoms with van der Waals surface area (Å²) in [4.78, 5) is 26.3. The van der Waals surface area contributed by atoms with E-state index in [9.17, 15) is 9.59 Å². The Kier molecular flexibility index (Phi) is 4.61. The van der Waals surface area contributed by atoms with Crippen LogP contribution < -0.4 is 5.32 Å². The molecule has 19 heavy (non-hydrogen) atoms. The predicted octanol–water partition coefficient (Wildman–Crippen LogP) is 1.86. The molecule has 2 aliphatic rings. The number of carbonyl (C=O) groups is 2. The zero-order chi connectivity index (χ0) is 13.8. The molecule has 1 aliphatic carbocycles. The quantitative estimate of drug-likeness (QED) is 0.788. The van der Waals surface area contributed by atoms with Crippen LogP contribution in [0.2, 0.25) is 0 Å². The van der Waals surface area contributed by atoms with Gasteiger partial charge < -0.3 is 10.2 Å². The summed E-state index contributed by atoms with van der Waals surface area (Å²) >= 11 is 0. The summed E-state index contributed by atoms with van der Waals surface area (Å²) in [7, 11) is 0. The van der Waals surface area contributed by atoms with Gasteiger partial charge in [0.1, 0.15) is 12.1 Å². The summed E-state index contributed by atoms with van der Waals surface area (Å²) in [5.74, 6) is 0.406. The van der Waals surface area contributed by atoms with Crippen LogP contribution in [0.25, 0.3) is 0 Å². The van der Waals surface area contributed by atoms with Gasteiger partial charge in [-0.05, 0) is 32.1 Å². The molecule has 0 aromatic carbocycles. The number of hydrogen-bond donors (Lipinski definition) is 1. The molecular weight excluding hydrogens is 240 g/mol. The Bertz CT molecular complexity index is 361. The minimum atomic E-state index is -0.354. The molecule has 1 heterocycles. The van der Waals surface area contributed by atoms with Crippen molar-refractivity contribution < 1.29 is 9.59 Å². The van der Waals surface area contributed by atoms with E-state index in [0.29, 0.717) is 12.5 Å². The van der Waals surface area contributed by atoms with Gasteiger partial charge in [-0.3, -0.25) is 9.59 Å². The summed E-state index contributed by atoms with van der Waals surface area (Å²) in [6, 6.07) is -0.652. The van der Waals surface area contributed by atoms with Crippen LogP contribution in [0.3, 0.4) is 0 Å². The van der Waals surface area contributed by atoms with Crippen molar-refractivity contribution in [3.63, 3.8) is 0 Å². The third kappa shape index (κ3) is 2.99. The molecule has 2 unspecified atom stereocenters. The number of rotatable bonds is 4. The van der Waals surface area contributed by atoms with Crippen LogP contribution in [0, 0.1) is 5.92 Å². The highest BCUT2D eigenvalue weighted by atomic mass is 16.2. The number of carbonyl (C=O) groups excluding carboxylic acids is 2. The van der Waals surface area contributed by atoms with Crippen molar-refractivity contribution in [2.45, 2.75) is 57.5 Å². The fourth-order valence-electron chi connectivity index (χ4n) is 3.17. The lowest BCUT2D eigenvalue weighted by atomic mass is 9.82. The van der Waals surface area contributed by atoms with Crippen LogP contribution in [-0.2, 0) is 9.59 Å². The van der Waals surface area contributed by atoms with Gasteiger partial charge in [0.2, 0.25) is 11.8 Å². The standard InChI is InChI=1S/C15H24N2O2/c1-3-4-10-17-11(2)14(18)16-13(15(17)19)12-8-6-5-7-9-12/h3,11-13H,1,4-10H2,2H3,(H,16,18). The Morgan fingerprint density at radius 3 is 2.63 bits per heavy atom. The van der Waals surface area contributed by atoms with E-state index in [1.165, 1.54) is 19.3 Å². The van der Waals surface area contributed by atoms with Crippen molar-refractivity contribution in [1.82, 2.24) is 10.2 Å². The van der Waals surface area contributed by atoms with E-state index in [1.54, 1.807) is 17.9 Å². The smallest absolute Gasteiger partial charge is 0.246 e. The van der Waals surface area contributed by atoms with Gasteiger partial charge in [0, 0.05) is 6.54 Å². The Morgan fingerprint density at radius 1 is 1.32 bits per heavy atom. The van der Waals surface area contributed by atoms with E-state index in [1.807, 2.05) is 0 Å². The van der Waals surface area contributed by atoms with Crippen LogP contribution in [0.4, 0.5) is 0 Å². The zero-order valence-electron chi connectivity index (χ0n) is 11.7. The molecule has 2 amide bonds. The Morgan fingerprint density at radius 2 is 2.00 bits per heavy atom. The topological polar surface area (TPSA) is 49.4 Å². The first-order valence-electron chi connectivity index (χ1n) is 7.37. The number of amides is 2. The third-order valence-electron chi connectivity index (χ3n) is 4.39. The number of nitrogens with one attached hydrogen (secondary N) is 1. The fraction of sp³-hybridized carbons (Fsp3) is 0.733. The molecule has 0 spiro atoms. The SMILES string of the molecule is C=CCCN1C(=O)C(C2CCCCC2)NC(=O)C1C. The average Bonchev–Trinajstić information content (AvgIpc) is 2.44. The maximum absolute atomic E-state index is 12.6. The highest BCUT2D eigenvalue weighted by molar-refractivity contribution is 5.96. The van der Waals surface area contributed by atoms with Gasteiger partial charge in [0.15, 0.2) is 0 Å². The molecule has 0 aromatic rings. The van der Waals surface area contributed by atoms with Crippen molar-refractivity contribution in [2.24, 2.45) is 5.92 Å². The van der Waals surface area contributed by atoms with E-state index in [0.717, 1.165) is 19.3 Å². The van der Waals surface area contributed by atoms with Crippen molar-refractivity contribution in [3.05, 3.63) is 12.7 Å². The Labute approximate surface area is 115 Å². The lowest BCUT2D eigenvalue weighted by molar-refractivity contribution is -0.150. The van der Waals surface area contributed by atoms with Gasteiger partial charge in [-0.2, -0.15) is 0 Å². The molecule has 106 valence electrons. The minimum absolute atomic E-state index is 0.0146. The molecule has 2 fully saturated rings. The summed E-state index contributed by atoms with van der Waals surface area (Å²) < 4.78 is 0. The second-order valence-corrected chi connectivity index (χ2v) is 5.67. The minimum Gasteiger partial charge on any atom is -0.342 e. The van der Waals surface area contributed by atoms with Crippen LogP contribution in [0.1, 0.15) is 45.4 Å². The molecular formula is C15H24N2O2. The summed E-state index contributed by atoms with van der Waals surface area (Å²) in [5.41, 5.74) is 0. The zero-order valence-corrected chi connectivity index (χ0v) is 11.7. The van der Waals surface area contributed by atoms with Gasteiger partial charge in [-0.1, -0.05) is 25.3 Å². The fourth-order valence-corrected chi connectivity index (χ4v) is 3.17. The first-order valence-corrected chi connectivity index (χ1v) is 7.37. The summed E-state index contributed by atoms with van der Waals surface area (Å²) in [6.07, 6.45) is 8.24. The lowest BCUT2D eigenvalue weighted by Crippen LogP contribution is -2.64. The van der Waals surface area contributed by atoms with E-state index < -0.39 is 0 Å². The Balaban J connectivity index is 2.09. The second kappa shape index (κ2) is 6.22. The normalized spacial score (nSPS) is 29.2. The van der Waals surface area contributed by atoms with E-state index >= 15 is 0 Å². The molecule has 1 saturated heterocycles. The van der Waals surface area contributed by atoms with E-state index in [2.05, 4.69) is 11.9 Å². The van der Waals surface area contributed by atoms with Crippen molar-refractivity contribution >= 4 is 11.8 Å². The molecule has 1 N–H and O–H groups in total. The van der Waals surface area contributed by atoms with E-state index in [4.69, 9.17) is 0 Å². The molecule has 2 atom stereocenters. The first kappa shape index (κ1) is 14.1. The van der Waals surface area contributed by atoms with Crippen molar-refractivity contribution in [1.29, 1.82) is 0 Å². The molecule has 0 bridgehead atoms. The largest absolute Gasteiger partial charge is 0.342 e. The molecule has 2 rings (SSSR count). The van der Waals surface area contributed by atoms with Crippen LogP contribution >= 0.6 is 0 Å². The summed E-state index contributed by atoms with van der Waals surface area (Å²) in [6.45, 7) is 6.08. The highest BCUT2D eigenvalue weighted by Crippen LogP contribution is 2.29. The first-order chi connectivity index (χ1) is 9.15. The van der Waals surface area contributed by atoms with Crippen molar-refractivity contribution in [3.8, 4) is 0 Å². The number of piperazine rings is 1. The predicted molar refractivity (Wildman–Crippen MR) is 74.5 cm³/mol. The molecule has 0 radical (unpaired) electrons. The van der Waals surface area contributed by atoms with Crippen molar-refractivity contribution in [2.75, 3.05) is 6.54 Å². The maximum Gasteiger partial charge on any atom is 0.246 e.